The molecule has 0 unspecified atom stereocenters. The van der Waals surface area contributed by atoms with Crippen molar-refractivity contribution < 1.29 is 23.8 Å². The minimum absolute atomic E-state index is 0.213. The van der Waals surface area contributed by atoms with Crippen LogP contribution in [0.1, 0.15) is 11.1 Å². The summed E-state index contributed by atoms with van der Waals surface area (Å²) in [6.07, 6.45) is 0.631. The summed E-state index contributed by atoms with van der Waals surface area (Å²) in [5, 5.41) is 3.92. The molecule has 0 aliphatic rings. The van der Waals surface area contributed by atoms with Crippen molar-refractivity contribution >= 4 is 30.0 Å². The summed E-state index contributed by atoms with van der Waals surface area (Å²) < 4.78 is 14.6. The normalized spacial score (nSPS) is 10.5. The van der Waals surface area contributed by atoms with E-state index in [0.717, 1.165) is 4.90 Å². The highest BCUT2D eigenvalue weighted by atomic mass is 32.2. The van der Waals surface area contributed by atoms with Crippen LogP contribution in [-0.4, -0.2) is 38.2 Å². The molecule has 0 aliphatic carbocycles. The number of nitrogens with one attached hydrogen (secondary N) is 1. The number of benzene rings is 2. The van der Waals surface area contributed by atoms with Crippen molar-refractivity contribution in [3.05, 3.63) is 53.6 Å². The second-order valence-corrected chi connectivity index (χ2v) is 6.41. The first kappa shape index (κ1) is 20.3. The van der Waals surface area contributed by atoms with Crippen LogP contribution in [0.5, 0.6) is 11.5 Å². The van der Waals surface area contributed by atoms with Gasteiger partial charge in [-0.05, 0) is 42.8 Å². The number of carbonyl (C=O) groups excluding carboxylic acids is 2. The maximum Gasteiger partial charge on any atom is 0.513 e. The average molecular weight is 388 g/mol. The van der Waals surface area contributed by atoms with Crippen LogP contribution in [-0.2, 0) is 9.53 Å². The molecule has 142 valence electrons. The zero-order chi connectivity index (χ0) is 19.6. The van der Waals surface area contributed by atoms with Crippen LogP contribution in [0.4, 0.5) is 4.79 Å². The maximum absolute atomic E-state index is 11.9. The van der Waals surface area contributed by atoms with Gasteiger partial charge in [0.25, 0.3) is 0 Å². The fourth-order valence-electron chi connectivity index (χ4n) is 1.97. The summed E-state index contributed by atoms with van der Waals surface area (Å²) in [6.45, 7) is 2.01. The van der Waals surface area contributed by atoms with Gasteiger partial charge in [0.05, 0.1) is 26.2 Å². The van der Waals surface area contributed by atoms with Crippen molar-refractivity contribution in [3.63, 3.8) is 0 Å². The Bertz CT molecular complexity index is 821. The molecule has 27 heavy (non-hydrogen) atoms. The third-order valence-electron chi connectivity index (χ3n) is 3.34. The quantitative estimate of drug-likeness (QED) is 0.257. The van der Waals surface area contributed by atoms with E-state index in [2.05, 4.69) is 15.3 Å². The van der Waals surface area contributed by atoms with Crippen LogP contribution < -0.4 is 14.9 Å². The monoisotopic (exact) mass is 388 g/mol. The van der Waals surface area contributed by atoms with Crippen molar-refractivity contribution in [2.45, 2.75) is 11.8 Å². The fraction of sp³-hybridized carbons (Fsp3) is 0.211. The van der Waals surface area contributed by atoms with Gasteiger partial charge in [-0.2, -0.15) is 5.10 Å². The third-order valence-corrected chi connectivity index (χ3v) is 4.35. The van der Waals surface area contributed by atoms with Gasteiger partial charge in [-0.25, -0.2) is 10.2 Å². The van der Waals surface area contributed by atoms with Crippen LogP contribution in [0.2, 0.25) is 0 Å². The minimum atomic E-state index is -0.840. The highest BCUT2D eigenvalue weighted by Gasteiger charge is 2.10. The first-order chi connectivity index (χ1) is 13.0. The number of rotatable bonds is 7. The molecule has 0 saturated carbocycles. The highest BCUT2D eigenvalue weighted by Crippen LogP contribution is 2.27. The Morgan fingerprint density at radius 3 is 2.52 bits per heavy atom. The van der Waals surface area contributed by atoms with Crippen LogP contribution >= 0.6 is 11.8 Å². The van der Waals surface area contributed by atoms with Crippen molar-refractivity contribution in [1.82, 2.24) is 5.43 Å². The Balaban J connectivity index is 1.88. The SMILES string of the molecule is COC(=O)Oc1ccc(/C=N\NC(=O)CSc2ccc(C)cc2)cc1OC. The van der Waals surface area contributed by atoms with Crippen LogP contribution in [0.25, 0.3) is 0 Å². The fourth-order valence-corrected chi connectivity index (χ4v) is 2.67. The molecule has 0 spiro atoms. The van der Waals surface area contributed by atoms with Gasteiger partial charge in [0, 0.05) is 4.90 Å². The molecule has 0 aliphatic heterocycles. The first-order valence-corrected chi connectivity index (χ1v) is 8.95. The molecule has 0 atom stereocenters. The number of carbonyl (C=O) groups is 2. The van der Waals surface area contributed by atoms with E-state index in [9.17, 15) is 9.59 Å². The second kappa shape index (κ2) is 10.2. The molecular weight excluding hydrogens is 368 g/mol. The summed E-state index contributed by atoms with van der Waals surface area (Å²) >= 11 is 1.43. The number of amides is 1. The third kappa shape index (κ3) is 6.67. The Morgan fingerprint density at radius 1 is 1.11 bits per heavy atom. The molecule has 0 heterocycles. The number of hydrogen-bond donors (Lipinski definition) is 1. The number of nitrogens with zero attached hydrogens (tertiary/aromatic N) is 1. The lowest BCUT2D eigenvalue weighted by Crippen LogP contribution is -2.19. The van der Waals surface area contributed by atoms with E-state index in [1.165, 1.54) is 37.8 Å². The van der Waals surface area contributed by atoms with Gasteiger partial charge in [-0.1, -0.05) is 17.7 Å². The molecule has 0 saturated heterocycles. The first-order valence-electron chi connectivity index (χ1n) is 7.97. The Kier molecular flexibility index (Phi) is 7.69. The zero-order valence-electron chi connectivity index (χ0n) is 15.2. The van der Waals surface area contributed by atoms with Gasteiger partial charge >= 0.3 is 6.16 Å². The predicted molar refractivity (Wildman–Crippen MR) is 104 cm³/mol. The number of aryl methyl sites for hydroxylation is 1. The molecule has 0 bridgehead atoms. The van der Waals surface area contributed by atoms with Gasteiger partial charge in [0.2, 0.25) is 5.91 Å². The van der Waals surface area contributed by atoms with Gasteiger partial charge < -0.3 is 14.2 Å². The molecule has 2 aromatic carbocycles. The standard InChI is InChI=1S/C19H20N2O5S/c1-13-4-7-15(8-5-13)27-12-18(22)21-20-11-14-6-9-16(17(10-14)24-2)26-19(23)25-3/h4-11H,12H2,1-3H3,(H,21,22)/b20-11-. The second-order valence-electron chi connectivity index (χ2n) is 5.36. The van der Waals surface area contributed by atoms with Crippen LogP contribution in [0, 0.1) is 6.92 Å². The van der Waals surface area contributed by atoms with E-state index in [1.54, 1.807) is 18.2 Å². The molecule has 0 fully saturated rings. The molecule has 2 rings (SSSR count). The summed E-state index contributed by atoms with van der Waals surface area (Å²) in [7, 11) is 2.67. The lowest BCUT2D eigenvalue weighted by Gasteiger charge is -2.08. The number of thioether (sulfide) groups is 1. The smallest absolute Gasteiger partial charge is 0.493 e. The molecule has 8 heteroatoms. The van der Waals surface area contributed by atoms with E-state index in [-0.39, 0.29) is 17.4 Å². The zero-order valence-corrected chi connectivity index (χ0v) is 16.0. The van der Waals surface area contributed by atoms with Crippen molar-refractivity contribution in [3.8, 4) is 11.5 Å². The molecular formula is C19H20N2O5S. The van der Waals surface area contributed by atoms with Crippen molar-refractivity contribution in [2.75, 3.05) is 20.0 Å². The van der Waals surface area contributed by atoms with E-state index in [1.807, 2.05) is 31.2 Å². The summed E-state index contributed by atoms with van der Waals surface area (Å²) in [4.78, 5) is 24.1. The molecule has 0 radical (unpaired) electrons. The van der Waals surface area contributed by atoms with Crippen molar-refractivity contribution in [1.29, 1.82) is 0 Å². The lowest BCUT2D eigenvalue weighted by atomic mass is 10.2. The number of ether oxygens (including phenoxy) is 3. The Hall–Kier alpha value is -3.00. The molecule has 1 N–H and O–H groups in total. The summed E-state index contributed by atoms with van der Waals surface area (Å²) in [6, 6.07) is 12.8. The topological polar surface area (TPSA) is 86.2 Å². The lowest BCUT2D eigenvalue weighted by molar-refractivity contribution is -0.118. The average Bonchev–Trinajstić information content (AvgIpc) is 2.68. The highest BCUT2D eigenvalue weighted by molar-refractivity contribution is 8.00. The van der Waals surface area contributed by atoms with Gasteiger partial charge in [0.1, 0.15) is 0 Å². The van der Waals surface area contributed by atoms with Crippen molar-refractivity contribution in [2.24, 2.45) is 5.10 Å². The molecule has 1 amide bonds. The van der Waals surface area contributed by atoms with Gasteiger partial charge in [-0.15, -0.1) is 11.8 Å². The van der Waals surface area contributed by atoms with E-state index < -0.39 is 6.16 Å². The van der Waals surface area contributed by atoms with Crippen LogP contribution in [0.3, 0.4) is 0 Å². The number of hydrazone groups is 1. The molecule has 0 aromatic heterocycles. The van der Waals surface area contributed by atoms with E-state index in [4.69, 9.17) is 9.47 Å². The number of methoxy groups -OCH3 is 2. The summed E-state index contributed by atoms with van der Waals surface area (Å²) in [5.41, 5.74) is 4.31. The maximum atomic E-state index is 11.9. The number of hydrogen-bond acceptors (Lipinski definition) is 7. The predicted octanol–water partition coefficient (Wildman–Crippen LogP) is 3.39. The van der Waals surface area contributed by atoms with Gasteiger partial charge in [0.15, 0.2) is 11.5 Å². The molecule has 7 nitrogen and oxygen atoms in total. The Morgan fingerprint density at radius 2 is 1.85 bits per heavy atom. The Labute approximate surface area is 161 Å². The minimum Gasteiger partial charge on any atom is -0.493 e. The van der Waals surface area contributed by atoms with Gasteiger partial charge in [-0.3, -0.25) is 4.79 Å². The van der Waals surface area contributed by atoms with E-state index >= 15 is 0 Å². The van der Waals surface area contributed by atoms with Crippen LogP contribution in [0.15, 0.2) is 52.5 Å². The molecule has 2 aromatic rings. The largest absolute Gasteiger partial charge is 0.513 e. The summed E-state index contributed by atoms with van der Waals surface area (Å²) in [5.74, 6) is 0.607. The van der Waals surface area contributed by atoms with E-state index in [0.29, 0.717) is 11.3 Å².